The Hall–Kier alpha value is -2.83. The van der Waals surface area contributed by atoms with Gasteiger partial charge in [-0.3, -0.25) is 0 Å². The number of hydrogen-bond donors (Lipinski definition) is 2. The topological polar surface area (TPSA) is 76.8 Å². The van der Waals surface area contributed by atoms with Gasteiger partial charge >= 0.3 is 0 Å². The fourth-order valence-electron chi connectivity index (χ4n) is 2.58. The van der Waals surface area contributed by atoms with Crippen molar-refractivity contribution < 1.29 is 19.1 Å². The normalized spacial score (nSPS) is 10.7. The highest BCUT2D eigenvalue weighted by atomic mass is 16.5. The molecule has 2 aromatic carbocycles. The molecule has 0 amide bonds. The van der Waals surface area contributed by atoms with Crippen LogP contribution in [0.4, 0.5) is 0 Å². The summed E-state index contributed by atoms with van der Waals surface area (Å²) in [6.07, 6.45) is 0.658. The summed E-state index contributed by atoms with van der Waals surface area (Å²) < 4.78 is 16.7. The predicted molar refractivity (Wildman–Crippen MR) is 97.5 cm³/mol. The van der Waals surface area contributed by atoms with Crippen LogP contribution in [-0.4, -0.2) is 23.9 Å². The van der Waals surface area contributed by atoms with E-state index in [1.165, 1.54) is 0 Å². The van der Waals surface area contributed by atoms with Crippen LogP contribution >= 0.6 is 0 Å². The number of rotatable bonds is 8. The molecule has 1 heterocycles. The van der Waals surface area contributed by atoms with Crippen molar-refractivity contribution in [1.82, 2.24) is 10.5 Å². The number of nitrogens with zero attached hydrogens (tertiary/aromatic N) is 1. The van der Waals surface area contributed by atoms with Crippen molar-refractivity contribution in [3.8, 4) is 23.0 Å². The first kappa shape index (κ1) is 18.0. The van der Waals surface area contributed by atoms with Crippen molar-refractivity contribution in [2.24, 2.45) is 0 Å². The predicted octanol–water partition coefficient (Wildman–Crippen LogP) is 3.76. The van der Waals surface area contributed by atoms with E-state index in [4.69, 9.17) is 19.1 Å². The van der Waals surface area contributed by atoms with Crippen LogP contribution < -0.4 is 15.0 Å². The fraction of sp³-hybridized carbons (Fsp3) is 0.250. The molecule has 0 saturated heterocycles. The lowest BCUT2D eigenvalue weighted by Gasteiger charge is -2.06. The van der Waals surface area contributed by atoms with Gasteiger partial charge in [-0.15, -0.1) is 0 Å². The third-order valence-electron chi connectivity index (χ3n) is 4.04. The molecule has 0 fully saturated rings. The zero-order chi connectivity index (χ0) is 18.4. The number of hydrogen-bond acceptors (Lipinski definition) is 6. The molecular weight excluding hydrogens is 332 g/mol. The lowest BCUT2D eigenvalue weighted by atomic mass is 10.2. The van der Waals surface area contributed by atoms with Crippen LogP contribution in [0.5, 0.6) is 11.5 Å². The number of benzene rings is 2. The van der Waals surface area contributed by atoms with Gasteiger partial charge < -0.3 is 19.1 Å². The molecule has 0 saturated carbocycles. The Labute approximate surface area is 152 Å². The molecule has 6 nitrogen and oxygen atoms in total. The number of oxazole rings is 1. The quantitative estimate of drug-likeness (QED) is 0.600. The molecule has 0 unspecified atom stereocenters. The van der Waals surface area contributed by atoms with Crippen molar-refractivity contribution in [3.05, 3.63) is 65.5 Å². The average molecular weight is 354 g/mol. The van der Waals surface area contributed by atoms with Crippen LogP contribution in [0.1, 0.15) is 17.0 Å². The number of nitrogens with one attached hydrogen (secondary N) is 1. The Kier molecular flexibility index (Phi) is 5.88. The standard InChI is InChI=1S/C20H22N2O4/c1-14-19(11-12-25-18-7-3-15(4-8-18)13-21-23)22-20(26-14)16-5-9-17(24-2)10-6-16/h3-10,21,23H,11-13H2,1-2H3. The van der Waals surface area contributed by atoms with Crippen molar-refractivity contribution in [2.45, 2.75) is 19.9 Å². The lowest BCUT2D eigenvalue weighted by Crippen LogP contribution is -2.06. The Morgan fingerprint density at radius 3 is 2.38 bits per heavy atom. The maximum Gasteiger partial charge on any atom is 0.226 e. The van der Waals surface area contributed by atoms with E-state index in [2.05, 4.69) is 10.5 Å². The number of aryl methyl sites for hydroxylation is 1. The van der Waals surface area contributed by atoms with Gasteiger partial charge in [0.15, 0.2) is 0 Å². The minimum atomic E-state index is 0.409. The highest BCUT2D eigenvalue weighted by Crippen LogP contribution is 2.24. The zero-order valence-corrected chi connectivity index (χ0v) is 14.9. The van der Waals surface area contributed by atoms with Gasteiger partial charge in [0.2, 0.25) is 5.89 Å². The number of methoxy groups -OCH3 is 1. The second-order valence-corrected chi connectivity index (χ2v) is 5.83. The molecule has 1 aromatic heterocycles. The molecule has 3 rings (SSSR count). The van der Waals surface area contributed by atoms with Gasteiger partial charge in [-0.25, -0.2) is 10.5 Å². The van der Waals surface area contributed by atoms with Crippen molar-refractivity contribution in [1.29, 1.82) is 0 Å². The first-order valence-electron chi connectivity index (χ1n) is 8.39. The monoisotopic (exact) mass is 354 g/mol. The Balaban J connectivity index is 1.59. The average Bonchev–Trinajstić information content (AvgIpc) is 3.04. The van der Waals surface area contributed by atoms with E-state index in [1.807, 2.05) is 55.5 Å². The summed E-state index contributed by atoms with van der Waals surface area (Å²) >= 11 is 0. The zero-order valence-electron chi connectivity index (χ0n) is 14.9. The van der Waals surface area contributed by atoms with E-state index < -0.39 is 0 Å². The second-order valence-electron chi connectivity index (χ2n) is 5.83. The molecule has 0 aliphatic rings. The van der Waals surface area contributed by atoms with Gasteiger partial charge in [-0.1, -0.05) is 12.1 Å². The van der Waals surface area contributed by atoms with Crippen LogP contribution in [0.25, 0.3) is 11.5 Å². The van der Waals surface area contributed by atoms with Gasteiger partial charge in [0.25, 0.3) is 0 Å². The van der Waals surface area contributed by atoms with E-state index >= 15 is 0 Å². The molecule has 0 radical (unpaired) electrons. The number of hydroxylamine groups is 1. The maximum atomic E-state index is 8.69. The third-order valence-corrected chi connectivity index (χ3v) is 4.04. The van der Waals surface area contributed by atoms with Crippen LogP contribution in [0.15, 0.2) is 52.9 Å². The molecule has 26 heavy (non-hydrogen) atoms. The first-order chi connectivity index (χ1) is 12.7. The second kappa shape index (κ2) is 8.51. The summed E-state index contributed by atoms with van der Waals surface area (Å²) in [6, 6.07) is 15.2. The van der Waals surface area contributed by atoms with Crippen molar-refractivity contribution in [2.75, 3.05) is 13.7 Å². The number of aromatic nitrogens is 1. The largest absolute Gasteiger partial charge is 0.497 e. The van der Waals surface area contributed by atoms with E-state index in [0.29, 0.717) is 25.5 Å². The van der Waals surface area contributed by atoms with Crippen molar-refractivity contribution in [3.63, 3.8) is 0 Å². The highest BCUT2D eigenvalue weighted by Gasteiger charge is 2.11. The van der Waals surface area contributed by atoms with Gasteiger partial charge in [-0.05, 0) is 48.9 Å². The molecule has 0 aliphatic carbocycles. The van der Waals surface area contributed by atoms with E-state index in [0.717, 1.165) is 34.1 Å². The van der Waals surface area contributed by atoms with Gasteiger partial charge in [0.1, 0.15) is 17.3 Å². The Bertz CT molecular complexity index is 826. The van der Waals surface area contributed by atoms with Crippen LogP contribution in [-0.2, 0) is 13.0 Å². The fourth-order valence-corrected chi connectivity index (χ4v) is 2.58. The van der Waals surface area contributed by atoms with Gasteiger partial charge in [0.05, 0.1) is 19.4 Å². The van der Waals surface area contributed by atoms with E-state index in [-0.39, 0.29) is 0 Å². The first-order valence-corrected chi connectivity index (χ1v) is 8.39. The third kappa shape index (κ3) is 4.41. The minimum absolute atomic E-state index is 0.409. The molecule has 136 valence electrons. The summed E-state index contributed by atoms with van der Waals surface area (Å²) in [5, 5.41) is 8.69. The Morgan fingerprint density at radius 2 is 1.73 bits per heavy atom. The molecule has 0 bridgehead atoms. The molecule has 6 heteroatoms. The summed E-state index contributed by atoms with van der Waals surface area (Å²) in [7, 11) is 1.64. The summed E-state index contributed by atoms with van der Waals surface area (Å²) in [4.78, 5) is 4.58. The molecular formula is C20H22N2O4. The molecule has 2 N–H and O–H groups in total. The molecule has 0 atom stereocenters. The van der Waals surface area contributed by atoms with Gasteiger partial charge in [0, 0.05) is 18.5 Å². The Morgan fingerprint density at radius 1 is 1.04 bits per heavy atom. The van der Waals surface area contributed by atoms with Gasteiger partial charge in [-0.2, -0.15) is 0 Å². The van der Waals surface area contributed by atoms with Crippen LogP contribution in [0.2, 0.25) is 0 Å². The molecule has 0 spiro atoms. The van der Waals surface area contributed by atoms with E-state index in [1.54, 1.807) is 7.11 Å². The lowest BCUT2D eigenvalue weighted by molar-refractivity contribution is 0.161. The van der Waals surface area contributed by atoms with Crippen molar-refractivity contribution >= 4 is 0 Å². The summed E-state index contributed by atoms with van der Waals surface area (Å²) in [5.41, 5.74) is 4.91. The van der Waals surface area contributed by atoms with Crippen LogP contribution in [0.3, 0.4) is 0 Å². The summed E-state index contributed by atoms with van der Waals surface area (Å²) in [6.45, 7) is 2.83. The maximum absolute atomic E-state index is 8.69. The summed E-state index contributed by atoms with van der Waals surface area (Å²) in [5.74, 6) is 2.97. The molecule has 0 aliphatic heterocycles. The highest BCUT2D eigenvalue weighted by molar-refractivity contribution is 5.55. The molecule has 3 aromatic rings. The van der Waals surface area contributed by atoms with Crippen LogP contribution in [0, 0.1) is 6.92 Å². The SMILES string of the molecule is COc1ccc(-c2nc(CCOc3ccc(CNO)cc3)c(C)o2)cc1. The number of ether oxygens (including phenoxy) is 2. The smallest absolute Gasteiger partial charge is 0.226 e. The minimum Gasteiger partial charge on any atom is -0.497 e. The van der Waals surface area contributed by atoms with E-state index in [9.17, 15) is 0 Å².